The zero-order valence-electron chi connectivity index (χ0n) is 80.4. The number of aliphatic hydroxyl groups is 2. The zero-order chi connectivity index (χ0) is 95.4. The SMILES string of the molecule is CC(=O)N1CCN(C[C@@H](C(=O)C(C)C)c2ccc(Cl)cc2)CC1.CC(C)C(=O)[C@@H](CN1CCC(O)CC1)c1ccc(Cl)cc1.CC(C)C(=O)[C@@H](CN1CCN(C(C)C)CC1)c1ccc(Cl)cc1.CC(C)C(=O)[C@@H](CN1CCOCC1)c1ccc(Cl)cc1.CC(C)C(=O)[C@H](CN1CCC(O)CC1)c1ccc(Cl)cc1.CCN1CCN(CC(C(=O)C(C)C)c2ccc(Cl)cc2)CC1. The molecule has 2 N–H and O–H groups in total. The van der Waals surface area contributed by atoms with Gasteiger partial charge in [0.1, 0.15) is 34.7 Å². The summed E-state index contributed by atoms with van der Waals surface area (Å²) in [6.45, 7) is 55.9. The van der Waals surface area contributed by atoms with Crippen LogP contribution in [-0.4, -0.2) is 290 Å². The summed E-state index contributed by atoms with van der Waals surface area (Å²) in [5.74, 6) is 1.45. The van der Waals surface area contributed by atoms with Crippen LogP contribution in [0.4, 0.5) is 0 Å². The van der Waals surface area contributed by atoms with Crippen LogP contribution < -0.4 is 0 Å². The standard InChI is InChI=1S/C19H29ClN2O.C18H25ClN2O2.C18H27ClN2O.2C17H24ClNO2.C16H22ClNO2/c1-14(2)19(23)18(16-5-7-17(20)8-6-16)13-21-9-11-22(12-10-21)15(3)4;1-13(2)18(23)17(15-4-6-16(19)7-5-15)12-20-8-10-21(11-9-20)14(3)22;1-4-20-9-11-21(12-10-20)13-17(18(22)14(2)3)15-5-7-16(19)8-6-15;2*1-12(2)17(21)16(13-3-5-14(18)6-4-13)11-19-9-7-15(20)8-10-19;1-12(2)16(19)15(11-18-7-9-20-10-8-18)13-3-5-14(17)6-4-13/h5-8,14-15,18H,9-13H2,1-4H3;4-7,13,17H,8-12H2,1-3H3;5-8,14,17H,4,9-13H2,1-3H3;2*3-6,12,15-16,20H,7-11H2,1-2H3;3-6,12,15H,7-11H2,1-2H3/t18-;17-;;2*16-;15-/m01.100/s1. The lowest BCUT2D eigenvalue weighted by molar-refractivity contribution is -0.131. The molecule has 1 amide bonds. The molecule has 6 heterocycles. The summed E-state index contributed by atoms with van der Waals surface area (Å²) in [5.41, 5.74) is 6.30. The number of rotatable bonds is 32. The second kappa shape index (κ2) is 57.2. The van der Waals surface area contributed by atoms with Crippen molar-refractivity contribution in [2.24, 2.45) is 35.5 Å². The fourth-order valence-electron chi connectivity index (χ4n) is 17.3. The Morgan fingerprint density at radius 3 is 0.662 bits per heavy atom. The lowest BCUT2D eigenvalue weighted by atomic mass is 9.88. The third-order valence-corrected chi connectivity index (χ3v) is 27.4. The van der Waals surface area contributed by atoms with Crippen molar-refractivity contribution in [3.63, 3.8) is 0 Å². The summed E-state index contributed by atoms with van der Waals surface area (Å²) >= 11 is 35.8. The highest BCUT2D eigenvalue weighted by atomic mass is 35.5. The molecule has 19 nitrogen and oxygen atoms in total. The number of hydrogen-bond donors (Lipinski definition) is 2. The van der Waals surface area contributed by atoms with Gasteiger partial charge in [-0.05, 0) is 152 Å². The minimum atomic E-state index is -0.184. The highest BCUT2D eigenvalue weighted by molar-refractivity contribution is 6.32. The Kier molecular flexibility index (Phi) is 48.9. The average molecular weight is 1910 g/mol. The van der Waals surface area contributed by atoms with Gasteiger partial charge in [-0.1, -0.05) is 232 Å². The molecule has 130 heavy (non-hydrogen) atoms. The third-order valence-electron chi connectivity index (χ3n) is 25.8. The van der Waals surface area contributed by atoms with Crippen molar-refractivity contribution in [2.45, 2.75) is 190 Å². The van der Waals surface area contributed by atoms with E-state index in [2.05, 4.69) is 60.0 Å². The molecule has 6 aromatic rings. The Morgan fingerprint density at radius 1 is 0.285 bits per heavy atom. The number of carbonyl (C=O) groups excluding carboxylic acids is 7. The summed E-state index contributed by atoms with van der Waals surface area (Å²) in [4.78, 5) is 108. The maximum Gasteiger partial charge on any atom is 0.219 e. The van der Waals surface area contributed by atoms with Crippen molar-refractivity contribution in [3.05, 3.63) is 209 Å². The number of hydrogen-bond acceptors (Lipinski definition) is 18. The number of amides is 1. The van der Waals surface area contributed by atoms with E-state index >= 15 is 0 Å². The Labute approximate surface area is 808 Å². The molecule has 0 bridgehead atoms. The smallest absolute Gasteiger partial charge is 0.219 e. The number of halogens is 6. The molecular weight excluding hydrogens is 1760 g/mol. The first-order valence-electron chi connectivity index (χ1n) is 47.5. The molecule has 0 aliphatic carbocycles. The van der Waals surface area contributed by atoms with E-state index in [0.29, 0.717) is 50.0 Å². The van der Waals surface area contributed by atoms with Crippen LogP contribution in [0.15, 0.2) is 146 Å². The van der Waals surface area contributed by atoms with Gasteiger partial charge in [0.15, 0.2) is 0 Å². The first-order valence-corrected chi connectivity index (χ1v) is 49.8. The van der Waals surface area contributed by atoms with Gasteiger partial charge < -0.3 is 34.5 Å². The molecule has 1 unspecified atom stereocenters. The number of Topliss-reactive ketones (excluding diaryl/α,β-unsaturated/α-hetero) is 6. The molecular formula is C105H151Cl6N9O10. The summed E-state index contributed by atoms with van der Waals surface area (Å²) in [7, 11) is 0. The summed E-state index contributed by atoms with van der Waals surface area (Å²) in [5, 5.41) is 23.4. The van der Waals surface area contributed by atoms with E-state index in [1.165, 1.54) is 0 Å². The van der Waals surface area contributed by atoms with Crippen LogP contribution in [-0.2, 0) is 38.3 Å². The molecule has 25 heteroatoms. The normalized spacial score (nSPS) is 18.4. The van der Waals surface area contributed by atoms with Gasteiger partial charge in [-0.3, -0.25) is 58.1 Å². The molecule has 6 fully saturated rings. The van der Waals surface area contributed by atoms with E-state index in [1.807, 2.05) is 234 Å². The van der Waals surface area contributed by atoms with E-state index < -0.39 is 0 Å². The van der Waals surface area contributed by atoms with Crippen LogP contribution in [0, 0.1) is 35.5 Å². The van der Waals surface area contributed by atoms with Gasteiger partial charge in [0, 0.05) is 236 Å². The first-order chi connectivity index (χ1) is 61.8. The maximum absolute atomic E-state index is 12.7. The first kappa shape index (κ1) is 111. The fraction of sp³-hybridized carbons (Fsp3) is 0.590. The number of ketones is 6. The highest BCUT2D eigenvalue weighted by Gasteiger charge is 2.35. The van der Waals surface area contributed by atoms with Gasteiger partial charge in [0.2, 0.25) is 5.91 Å². The third kappa shape index (κ3) is 37.6. The zero-order valence-corrected chi connectivity index (χ0v) is 84.9. The molecule has 6 atom stereocenters. The second-order valence-corrected chi connectivity index (χ2v) is 40.5. The Bertz CT molecular complexity index is 4240. The van der Waals surface area contributed by atoms with E-state index in [-0.39, 0.29) is 106 Å². The van der Waals surface area contributed by atoms with Crippen molar-refractivity contribution in [2.75, 3.05) is 177 Å². The summed E-state index contributed by atoms with van der Waals surface area (Å²) in [6.07, 6.45) is 2.81. The van der Waals surface area contributed by atoms with Gasteiger partial charge in [-0.2, -0.15) is 0 Å². The molecule has 0 radical (unpaired) electrons. The number of ether oxygens (including phenoxy) is 1. The Morgan fingerprint density at radius 2 is 0.469 bits per heavy atom. The monoisotopic (exact) mass is 1910 g/mol. The average Bonchev–Trinajstić information content (AvgIpc) is 0.871. The number of benzene rings is 6. The molecule has 6 aliphatic rings. The number of aliphatic hydroxyl groups excluding tert-OH is 2. The Hall–Kier alpha value is -5.89. The van der Waals surface area contributed by atoms with E-state index in [0.717, 1.165) is 239 Å². The van der Waals surface area contributed by atoms with Crippen molar-refractivity contribution in [1.82, 2.24) is 44.1 Å². The fourth-order valence-corrected chi connectivity index (χ4v) is 18.0. The molecule has 0 saturated carbocycles. The van der Waals surface area contributed by atoms with Gasteiger partial charge in [-0.25, -0.2) is 0 Å². The van der Waals surface area contributed by atoms with Crippen LogP contribution in [0.1, 0.15) is 205 Å². The van der Waals surface area contributed by atoms with Gasteiger partial charge in [-0.15, -0.1) is 0 Å². The van der Waals surface area contributed by atoms with Crippen molar-refractivity contribution < 1.29 is 48.5 Å². The molecule has 718 valence electrons. The number of piperazine rings is 3. The second-order valence-electron chi connectivity index (χ2n) is 37.9. The molecule has 0 spiro atoms. The van der Waals surface area contributed by atoms with E-state index in [4.69, 9.17) is 74.3 Å². The topological polar surface area (TPSA) is 198 Å². The highest BCUT2D eigenvalue weighted by Crippen LogP contribution is 2.33. The molecule has 0 aromatic heterocycles. The van der Waals surface area contributed by atoms with Crippen molar-refractivity contribution >= 4 is 110 Å². The van der Waals surface area contributed by atoms with Gasteiger partial charge >= 0.3 is 0 Å². The number of piperidine rings is 2. The molecule has 6 saturated heterocycles. The van der Waals surface area contributed by atoms with E-state index in [9.17, 15) is 43.8 Å². The largest absolute Gasteiger partial charge is 0.393 e. The van der Waals surface area contributed by atoms with Crippen LogP contribution in [0.3, 0.4) is 0 Å². The van der Waals surface area contributed by atoms with Crippen molar-refractivity contribution in [3.8, 4) is 0 Å². The molecule has 12 rings (SSSR count). The van der Waals surface area contributed by atoms with Gasteiger partial charge in [0.25, 0.3) is 0 Å². The summed E-state index contributed by atoms with van der Waals surface area (Å²) < 4.78 is 5.37. The number of nitrogens with zero attached hydrogens (tertiary/aromatic N) is 9. The van der Waals surface area contributed by atoms with Crippen LogP contribution in [0.5, 0.6) is 0 Å². The quantitative estimate of drug-likeness (QED) is 0.0404. The predicted octanol–water partition coefficient (Wildman–Crippen LogP) is 19.0. The van der Waals surface area contributed by atoms with Crippen molar-refractivity contribution in [1.29, 1.82) is 0 Å². The predicted molar refractivity (Wildman–Crippen MR) is 535 cm³/mol. The number of morpholine rings is 1. The molecule has 6 aliphatic heterocycles. The maximum atomic E-state index is 12.7. The lowest BCUT2D eigenvalue weighted by Gasteiger charge is -2.38. The summed E-state index contributed by atoms with van der Waals surface area (Å²) in [6, 6.07) is 46.5. The Balaban J connectivity index is 0.000000214. The minimum Gasteiger partial charge on any atom is -0.393 e. The van der Waals surface area contributed by atoms with Crippen LogP contribution in [0.2, 0.25) is 30.1 Å². The minimum absolute atomic E-state index is 0.00538. The number of likely N-dealkylation sites (N-methyl/N-ethyl adjacent to an activating group) is 1. The van der Waals surface area contributed by atoms with E-state index in [1.54, 1.807) is 6.92 Å². The number of likely N-dealkylation sites (tertiary alicyclic amines) is 2. The lowest BCUT2D eigenvalue weighted by Crippen LogP contribution is -2.50. The number of carbonyl (C=O) groups is 7. The van der Waals surface area contributed by atoms with Gasteiger partial charge in [0.05, 0.1) is 60.9 Å². The van der Waals surface area contributed by atoms with Crippen LogP contribution >= 0.6 is 69.6 Å². The molecule has 6 aromatic carbocycles. The van der Waals surface area contributed by atoms with Crippen LogP contribution in [0.25, 0.3) is 0 Å².